The van der Waals surface area contributed by atoms with Gasteiger partial charge in [0.05, 0.1) is 12.1 Å². The number of likely N-dealkylation sites (tertiary alicyclic amines) is 1. The highest BCUT2D eigenvalue weighted by atomic mass is 16.3. The molecule has 0 bridgehead atoms. The van der Waals surface area contributed by atoms with E-state index in [1.807, 2.05) is 17.8 Å². The van der Waals surface area contributed by atoms with Gasteiger partial charge >= 0.3 is 0 Å². The minimum atomic E-state index is -0.420. The molecule has 3 rings (SSSR count). The van der Waals surface area contributed by atoms with E-state index in [1.165, 1.54) is 12.8 Å². The summed E-state index contributed by atoms with van der Waals surface area (Å²) >= 11 is 0. The number of aliphatic hydroxyl groups is 1. The van der Waals surface area contributed by atoms with Crippen LogP contribution in [0.25, 0.3) is 0 Å². The molecule has 1 N–H and O–H groups in total. The summed E-state index contributed by atoms with van der Waals surface area (Å²) < 4.78 is 2.05. The van der Waals surface area contributed by atoms with E-state index in [0.29, 0.717) is 13.0 Å². The zero-order chi connectivity index (χ0) is 17.1. The summed E-state index contributed by atoms with van der Waals surface area (Å²) in [5.74, 6) is 1.12. The molecule has 0 aromatic carbocycles. The zero-order valence-corrected chi connectivity index (χ0v) is 14.9. The van der Waals surface area contributed by atoms with E-state index in [0.717, 1.165) is 38.2 Å². The third-order valence-corrected chi connectivity index (χ3v) is 5.73. The summed E-state index contributed by atoms with van der Waals surface area (Å²) in [6.45, 7) is 4.91. The van der Waals surface area contributed by atoms with Crippen LogP contribution in [-0.4, -0.2) is 68.7 Å². The van der Waals surface area contributed by atoms with Gasteiger partial charge < -0.3 is 14.6 Å². The summed E-state index contributed by atoms with van der Waals surface area (Å²) in [6, 6.07) is 0.185. The minimum Gasteiger partial charge on any atom is -0.389 e. The standard InChI is InChI=1S/C18H30N4O2/c1-3-16-19-9-13-22(16)12-8-17(23)20(2)14-6-7-15(18(14)24)21-10-4-5-11-21/h9,13-15,18,24H,3-8,10-12H2,1-2H3/t14-,15-,18-/m1/s1. The molecule has 1 aromatic rings. The first kappa shape index (κ1) is 17.4. The summed E-state index contributed by atoms with van der Waals surface area (Å²) in [5.41, 5.74) is 0. The number of hydrogen-bond acceptors (Lipinski definition) is 4. The maximum atomic E-state index is 12.6. The van der Waals surface area contributed by atoms with E-state index >= 15 is 0 Å². The third kappa shape index (κ3) is 3.49. The van der Waals surface area contributed by atoms with E-state index in [4.69, 9.17) is 0 Å². The second-order valence-corrected chi connectivity index (χ2v) is 7.09. The second kappa shape index (κ2) is 7.66. The number of nitrogens with zero attached hydrogens (tertiary/aromatic N) is 4. The highest BCUT2D eigenvalue weighted by molar-refractivity contribution is 5.76. The topological polar surface area (TPSA) is 61.6 Å². The maximum Gasteiger partial charge on any atom is 0.224 e. The normalized spacial score (nSPS) is 27.7. The predicted molar refractivity (Wildman–Crippen MR) is 92.6 cm³/mol. The van der Waals surface area contributed by atoms with Crippen LogP contribution in [0.15, 0.2) is 12.4 Å². The van der Waals surface area contributed by atoms with Crippen LogP contribution < -0.4 is 0 Å². The number of aliphatic hydroxyl groups excluding tert-OH is 1. The van der Waals surface area contributed by atoms with Crippen LogP contribution in [0.5, 0.6) is 0 Å². The Kier molecular flexibility index (Phi) is 5.56. The van der Waals surface area contributed by atoms with Gasteiger partial charge in [-0.2, -0.15) is 0 Å². The molecule has 1 aromatic heterocycles. The summed E-state index contributed by atoms with van der Waals surface area (Å²) in [4.78, 5) is 21.0. The van der Waals surface area contributed by atoms with Crippen molar-refractivity contribution in [2.75, 3.05) is 20.1 Å². The van der Waals surface area contributed by atoms with Crippen molar-refractivity contribution >= 4 is 5.91 Å². The van der Waals surface area contributed by atoms with Gasteiger partial charge in [-0.3, -0.25) is 9.69 Å². The fourth-order valence-electron chi connectivity index (χ4n) is 4.27. The van der Waals surface area contributed by atoms with Crippen molar-refractivity contribution in [2.24, 2.45) is 0 Å². The number of carbonyl (C=O) groups excluding carboxylic acids is 1. The molecule has 1 saturated carbocycles. The summed E-state index contributed by atoms with van der Waals surface area (Å²) in [7, 11) is 1.84. The number of aryl methyl sites for hydroxylation is 2. The molecule has 0 radical (unpaired) electrons. The second-order valence-electron chi connectivity index (χ2n) is 7.09. The summed E-state index contributed by atoms with van der Waals surface area (Å²) in [5, 5.41) is 10.7. The molecule has 0 unspecified atom stereocenters. The molecule has 1 amide bonds. The lowest BCUT2D eigenvalue weighted by atomic mass is 10.1. The average molecular weight is 334 g/mol. The molecule has 134 valence electrons. The quantitative estimate of drug-likeness (QED) is 0.851. The van der Waals surface area contributed by atoms with Crippen LogP contribution in [0.2, 0.25) is 0 Å². The number of likely N-dealkylation sites (N-methyl/N-ethyl adjacent to an activating group) is 1. The predicted octanol–water partition coefficient (Wildman–Crippen LogP) is 1.28. The smallest absolute Gasteiger partial charge is 0.224 e. The molecule has 3 atom stereocenters. The Labute approximate surface area is 144 Å². The molecule has 2 aliphatic rings. The Morgan fingerprint density at radius 3 is 2.83 bits per heavy atom. The lowest BCUT2D eigenvalue weighted by Gasteiger charge is -2.32. The van der Waals surface area contributed by atoms with Crippen molar-refractivity contribution < 1.29 is 9.90 Å². The van der Waals surface area contributed by atoms with Crippen molar-refractivity contribution in [1.82, 2.24) is 19.4 Å². The molecule has 6 nitrogen and oxygen atoms in total. The minimum absolute atomic E-state index is 0.0449. The lowest BCUT2D eigenvalue weighted by molar-refractivity contribution is -0.134. The van der Waals surface area contributed by atoms with Crippen molar-refractivity contribution in [3.05, 3.63) is 18.2 Å². The number of hydrogen-bond donors (Lipinski definition) is 1. The van der Waals surface area contributed by atoms with Gasteiger partial charge in [0.25, 0.3) is 0 Å². The van der Waals surface area contributed by atoms with Crippen molar-refractivity contribution in [1.29, 1.82) is 0 Å². The fourth-order valence-corrected chi connectivity index (χ4v) is 4.27. The van der Waals surface area contributed by atoms with Gasteiger partial charge in [-0.05, 0) is 38.8 Å². The first-order valence-corrected chi connectivity index (χ1v) is 9.29. The number of aromatic nitrogens is 2. The molecule has 6 heteroatoms. The van der Waals surface area contributed by atoms with Crippen LogP contribution in [0.3, 0.4) is 0 Å². The Balaban J connectivity index is 1.53. The number of amides is 1. The highest BCUT2D eigenvalue weighted by Crippen LogP contribution is 2.30. The number of carbonyl (C=O) groups is 1. The van der Waals surface area contributed by atoms with Crippen LogP contribution in [0, 0.1) is 0 Å². The summed E-state index contributed by atoms with van der Waals surface area (Å²) in [6.07, 6.45) is 8.97. The third-order valence-electron chi connectivity index (χ3n) is 5.73. The van der Waals surface area contributed by atoms with Gasteiger partial charge in [0.1, 0.15) is 5.82 Å². The Morgan fingerprint density at radius 2 is 2.12 bits per heavy atom. The monoisotopic (exact) mass is 334 g/mol. The van der Waals surface area contributed by atoms with E-state index < -0.39 is 6.10 Å². The number of rotatable bonds is 6. The molecule has 0 spiro atoms. The first-order chi connectivity index (χ1) is 11.6. The fraction of sp³-hybridized carbons (Fsp3) is 0.778. The number of imidazole rings is 1. The molecular formula is C18H30N4O2. The van der Waals surface area contributed by atoms with Gasteiger partial charge in [-0.1, -0.05) is 6.92 Å². The first-order valence-electron chi connectivity index (χ1n) is 9.29. The van der Waals surface area contributed by atoms with E-state index in [1.54, 1.807) is 11.1 Å². The van der Waals surface area contributed by atoms with Crippen molar-refractivity contribution in [3.8, 4) is 0 Å². The van der Waals surface area contributed by atoms with Gasteiger partial charge in [0.2, 0.25) is 5.91 Å². The van der Waals surface area contributed by atoms with Gasteiger partial charge in [-0.15, -0.1) is 0 Å². The molecule has 2 heterocycles. The van der Waals surface area contributed by atoms with Crippen molar-refractivity contribution in [2.45, 2.75) is 70.2 Å². The maximum absolute atomic E-state index is 12.6. The SMILES string of the molecule is CCc1nccn1CCC(=O)N(C)[C@@H]1CC[C@@H](N2CCCC2)[C@@H]1O. The molecule has 24 heavy (non-hydrogen) atoms. The van der Waals surface area contributed by atoms with E-state index in [2.05, 4.69) is 16.8 Å². The molecular weight excluding hydrogens is 304 g/mol. The Hall–Kier alpha value is -1.40. The van der Waals surface area contributed by atoms with Gasteiger partial charge in [0.15, 0.2) is 0 Å². The van der Waals surface area contributed by atoms with E-state index in [9.17, 15) is 9.90 Å². The van der Waals surface area contributed by atoms with Crippen LogP contribution >= 0.6 is 0 Å². The van der Waals surface area contributed by atoms with Gasteiger partial charge in [-0.25, -0.2) is 4.98 Å². The van der Waals surface area contributed by atoms with Gasteiger partial charge in [0, 0.05) is 44.9 Å². The van der Waals surface area contributed by atoms with Crippen LogP contribution in [0.1, 0.15) is 44.9 Å². The molecule has 1 aliphatic heterocycles. The molecule has 1 saturated heterocycles. The van der Waals surface area contributed by atoms with E-state index in [-0.39, 0.29) is 18.0 Å². The van der Waals surface area contributed by atoms with Crippen LogP contribution in [0.4, 0.5) is 0 Å². The zero-order valence-electron chi connectivity index (χ0n) is 14.9. The van der Waals surface area contributed by atoms with Crippen LogP contribution in [-0.2, 0) is 17.8 Å². The largest absolute Gasteiger partial charge is 0.389 e. The highest BCUT2D eigenvalue weighted by Gasteiger charge is 2.41. The van der Waals surface area contributed by atoms with Crippen molar-refractivity contribution in [3.63, 3.8) is 0 Å². The average Bonchev–Trinajstić information content (AvgIpc) is 3.31. The Bertz CT molecular complexity index is 553. The molecule has 2 fully saturated rings. The Morgan fingerprint density at radius 1 is 1.38 bits per heavy atom. The lowest BCUT2D eigenvalue weighted by Crippen LogP contribution is -2.48. The molecule has 1 aliphatic carbocycles.